The molecule has 0 aliphatic carbocycles. The van der Waals surface area contributed by atoms with Crippen molar-refractivity contribution in [3.8, 4) is 17.5 Å². The molecule has 2 aromatic rings. The summed E-state index contributed by atoms with van der Waals surface area (Å²) in [7, 11) is 1.67. The zero-order valence-electron chi connectivity index (χ0n) is 12.4. The van der Waals surface area contributed by atoms with Crippen molar-refractivity contribution in [1.29, 1.82) is 5.26 Å². The summed E-state index contributed by atoms with van der Waals surface area (Å²) in [6, 6.07) is 10.4. The first kappa shape index (κ1) is 15.5. The quantitative estimate of drug-likeness (QED) is 0.768. The summed E-state index contributed by atoms with van der Waals surface area (Å²) >= 11 is 1.41. The fraction of sp³-hybridized carbons (Fsp3) is 0.400. The highest BCUT2D eigenvalue weighted by Crippen LogP contribution is 2.26. The van der Waals surface area contributed by atoms with Gasteiger partial charge in [0.05, 0.1) is 24.5 Å². The maximum absolute atomic E-state index is 8.97. The number of rotatable bonds is 6. The molecule has 0 radical (unpaired) electrons. The molecule has 0 unspecified atom stereocenters. The standard InChI is InChI=1S/C15H18N4OS/c1-11-5-4-6-13(9-11)14-17-18-15(21-12(2)10-16)19(14)7-8-20-3/h4-6,9,12H,7-8H2,1-3H3/t12-/m1/s1. The molecule has 0 amide bonds. The van der Waals surface area contributed by atoms with Gasteiger partial charge in [0.1, 0.15) is 0 Å². The van der Waals surface area contributed by atoms with Crippen molar-refractivity contribution >= 4 is 11.8 Å². The van der Waals surface area contributed by atoms with Gasteiger partial charge in [-0.2, -0.15) is 5.26 Å². The van der Waals surface area contributed by atoms with E-state index in [0.29, 0.717) is 13.2 Å². The molecule has 2 rings (SSSR count). The van der Waals surface area contributed by atoms with Gasteiger partial charge in [-0.15, -0.1) is 10.2 Å². The first-order valence-corrected chi connectivity index (χ1v) is 7.59. The number of thioether (sulfide) groups is 1. The molecular weight excluding hydrogens is 284 g/mol. The minimum Gasteiger partial charge on any atom is -0.383 e. The van der Waals surface area contributed by atoms with Crippen molar-refractivity contribution in [1.82, 2.24) is 14.8 Å². The van der Waals surface area contributed by atoms with Crippen LogP contribution in [0.15, 0.2) is 29.4 Å². The van der Waals surface area contributed by atoms with Crippen LogP contribution in [-0.4, -0.2) is 33.7 Å². The summed E-state index contributed by atoms with van der Waals surface area (Å²) in [5, 5.41) is 18.1. The Morgan fingerprint density at radius 3 is 2.90 bits per heavy atom. The molecule has 5 nitrogen and oxygen atoms in total. The van der Waals surface area contributed by atoms with Crippen LogP contribution in [0.2, 0.25) is 0 Å². The van der Waals surface area contributed by atoms with Gasteiger partial charge < -0.3 is 4.74 Å². The normalized spacial score (nSPS) is 12.1. The topological polar surface area (TPSA) is 63.7 Å². The minimum absolute atomic E-state index is 0.166. The number of hydrogen-bond acceptors (Lipinski definition) is 5. The Morgan fingerprint density at radius 1 is 1.43 bits per heavy atom. The Balaban J connectivity index is 2.39. The summed E-state index contributed by atoms with van der Waals surface area (Å²) in [6.07, 6.45) is 0. The van der Waals surface area contributed by atoms with Gasteiger partial charge in [0, 0.05) is 12.7 Å². The molecule has 1 aromatic carbocycles. The van der Waals surface area contributed by atoms with Crippen molar-refractivity contribution in [2.45, 2.75) is 30.8 Å². The fourth-order valence-electron chi connectivity index (χ4n) is 1.94. The lowest BCUT2D eigenvalue weighted by Gasteiger charge is -2.10. The van der Waals surface area contributed by atoms with Gasteiger partial charge in [0.2, 0.25) is 0 Å². The average Bonchev–Trinajstić information content (AvgIpc) is 2.87. The van der Waals surface area contributed by atoms with E-state index in [1.54, 1.807) is 7.11 Å². The Hall–Kier alpha value is -1.84. The molecule has 0 spiro atoms. The van der Waals surface area contributed by atoms with Gasteiger partial charge in [-0.25, -0.2) is 0 Å². The third-order valence-corrected chi connectivity index (χ3v) is 3.95. The van der Waals surface area contributed by atoms with Crippen LogP contribution in [0.3, 0.4) is 0 Å². The van der Waals surface area contributed by atoms with E-state index in [1.165, 1.54) is 17.3 Å². The largest absolute Gasteiger partial charge is 0.383 e. The molecule has 0 N–H and O–H groups in total. The highest BCUT2D eigenvalue weighted by Gasteiger charge is 2.16. The van der Waals surface area contributed by atoms with Gasteiger partial charge in [-0.05, 0) is 19.9 Å². The van der Waals surface area contributed by atoms with E-state index in [2.05, 4.69) is 22.3 Å². The van der Waals surface area contributed by atoms with Gasteiger partial charge in [0.25, 0.3) is 0 Å². The number of hydrogen-bond donors (Lipinski definition) is 0. The zero-order chi connectivity index (χ0) is 15.2. The Morgan fingerprint density at radius 2 is 2.24 bits per heavy atom. The molecule has 0 aliphatic rings. The molecule has 1 atom stereocenters. The summed E-state index contributed by atoms with van der Waals surface area (Å²) in [5.74, 6) is 0.809. The highest BCUT2D eigenvalue weighted by atomic mass is 32.2. The lowest BCUT2D eigenvalue weighted by Crippen LogP contribution is -2.08. The first-order chi connectivity index (χ1) is 10.2. The van der Waals surface area contributed by atoms with E-state index >= 15 is 0 Å². The number of ether oxygens (including phenoxy) is 1. The number of nitrogens with zero attached hydrogens (tertiary/aromatic N) is 4. The van der Waals surface area contributed by atoms with Gasteiger partial charge in [-0.3, -0.25) is 4.57 Å². The molecular formula is C15H18N4OS. The molecule has 0 fully saturated rings. The Kier molecular flexibility index (Phi) is 5.37. The van der Waals surface area contributed by atoms with Crippen LogP contribution in [0.4, 0.5) is 0 Å². The number of benzene rings is 1. The fourth-order valence-corrected chi connectivity index (χ4v) is 2.70. The summed E-state index contributed by atoms with van der Waals surface area (Å²) in [5.41, 5.74) is 2.20. The lowest BCUT2D eigenvalue weighted by atomic mass is 10.1. The van der Waals surface area contributed by atoms with E-state index < -0.39 is 0 Å². The second-order valence-electron chi connectivity index (χ2n) is 4.71. The third kappa shape index (κ3) is 3.84. The monoisotopic (exact) mass is 302 g/mol. The Labute approximate surface area is 128 Å². The van der Waals surface area contributed by atoms with Crippen LogP contribution < -0.4 is 0 Å². The van der Waals surface area contributed by atoms with Gasteiger partial charge in [0.15, 0.2) is 11.0 Å². The third-order valence-electron chi connectivity index (χ3n) is 2.98. The van der Waals surface area contributed by atoms with Crippen LogP contribution >= 0.6 is 11.8 Å². The molecule has 0 saturated carbocycles. The predicted molar refractivity (Wildman–Crippen MR) is 83.0 cm³/mol. The number of nitriles is 1. The number of aromatic nitrogens is 3. The van der Waals surface area contributed by atoms with Gasteiger partial charge >= 0.3 is 0 Å². The van der Waals surface area contributed by atoms with E-state index in [1.807, 2.05) is 36.6 Å². The number of aryl methyl sites for hydroxylation is 1. The lowest BCUT2D eigenvalue weighted by molar-refractivity contribution is 0.185. The molecule has 1 heterocycles. The molecule has 110 valence electrons. The summed E-state index contributed by atoms with van der Waals surface area (Å²) in [6.45, 7) is 5.14. The van der Waals surface area contributed by atoms with E-state index in [9.17, 15) is 0 Å². The number of methoxy groups -OCH3 is 1. The van der Waals surface area contributed by atoms with Crippen molar-refractivity contribution in [2.24, 2.45) is 0 Å². The van der Waals surface area contributed by atoms with E-state index in [0.717, 1.165) is 16.5 Å². The smallest absolute Gasteiger partial charge is 0.192 e. The maximum atomic E-state index is 8.97. The highest BCUT2D eigenvalue weighted by molar-refractivity contribution is 8.00. The molecule has 21 heavy (non-hydrogen) atoms. The average molecular weight is 302 g/mol. The van der Waals surface area contributed by atoms with E-state index in [4.69, 9.17) is 10.00 Å². The molecule has 1 aromatic heterocycles. The summed E-state index contributed by atoms with van der Waals surface area (Å²) in [4.78, 5) is 0. The second-order valence-corrected chi connectivity index (χ2v) is 6.02. The molecule has 0 aliphatic heterocycles. The van der Waals surface area contributed by atoms with Crippen molar-refractivity contribution in [2.75, 3.05) is 13.7 Å². The van der Waals surface area contributed by atoms with Crippen LogP contribution in [0.1, 0.15) is 12.5 Å². The van der Waals surface area contributed by atoms with Crippen LogP contribution in [0.5, 0.6) is 0 Å². The predicted octanol–water partition coefficient (Wildman–Crippen LogP) is 2.90. The van der Waals surface area contributed by atoms with Crippen molar-refractivity contribution < 1.29 is 4.74 Å². The second kappa shape index (κ2) is 7.25. The first-order valence-electron chi connectivity index (χ1n) is 6.71. The SMILES string of the molecule is COCCn1c(S[C@H](C)C#N)nnc1-c1cccc(C)c1. The van der Waals surface area contributed by atoms with Crippen molar-refractivity contribution in [3.05, 3.63) is 29.8 Å². The summed E-state index contributed by atoms with van der Waals surface area (Å²) < 4.78 is 7.18. The van der Waals surface area contributed by atoms with Crippen LogP contribution in [-0.2, 0) is 11.3 Å². The van der Waals surface area contributed by atoms with Gasteiger partial charge in [-0.1, -0.05) is 35.5 Å². The van der Waals surface area contributed by atoms with Crippen LogP contribution in [0, 0.1) is 18.3 Å². The van der Waals surface area contributed by atoms with E-state index in [-0.39, 0.29) is 5.25 Å². The van der Waals surface area contributed by atoms with Crippen molar-refractivity contribution in [3.63, 3.8) is 0 Å². The van der Waals surface area contributed by atoms with Crippen LogP contribution in [0.25, 0.3) is 11.4 Å². The maximum Gasteiger partial charge on any atom is 0.192 e. The molecule has 0 bridgehead atoms. The Bertz CT molecular complexity index is 647. The minimum atomic E-state index is -0.166. The molecule has 0 saturated heterocycles. The zero-order valence-corrected chi connectivity index (χ0v) is 13.2. The molecule has 6 heteroatoms.